The molecule has 1 atom stereocenters. The van der Waals surface area contributed by atoms with Crippen molar-refractivity contribution in [1.82, 2.24) is 10.2 Å². The number of amides is 3. The van der Waals surface area contributed by atoms with Crippen LogP contribution < -0.4 is 5.32 Å². The van der Waals surface area contributed by atoms with Gasteiger partial charge in [0.1, 0.15) is 6.04 Å². The Bertz CT molecular complexity index is 889. The number of benzene rings is 2. The SMILES string of the molecule is Cc1cc2c(c(-c3ccccc3)c1)CN(C1CCC(=O)NC1=O)C2=O. The molecule has 126 valence electrons. The lowest BCUT2D eigenvalue weighted by Crippen LogP contribution is -2.52. The van der Waals surface area contributed by atoms with E-state index >= 15 is 0 Å². The summed E-state index contributed by atoms with van der Waals surface area (Å²) in [5, 5.41) is 2.34. The first-order valence-corrected chi connectivity index (χ1v) is 8.38. The number of aryl methyl sites for hydroxylation is 1. The number of fused-ring (bicyclic) bond motifs is 1. The van der Waals surface area contributed by atoms with Crippen molar-refractivity contribution in [2.75, 3.05) is 0 Å². The van der Waals surface area contributed by atoms with Gasteiger partial charge in [-0.05, 0) is 41.7 Å². The zero-order valence-corrected chi connectivity index (χ0v) is 13.9. The summed E-state index contributed by atoms with van der Waals surface area (Å²) in [5.41, 5.74) is 4.70. The third-order valence-electron chi connectivity index (χ3n) is 4.89. The summed E-state index contributed by atoms with van der Waals surface area (Å²) in [6.07, 6.45) is 0.644. The highest BCUT2D eigenvalue weighted by atomic mass is 16.2. The van der Waals surface area contributed by atoms with Gasteiger partial charge < -0.3 is 4.90 Å². The van der Waals surface area contributed by atoms with E-state index in [2.05, 4.69) is 11.4 Å². The van der Waals surface area contributed by atoms with E-state index in [1.807, 2.05) is 43.3 Å². The monoisotopic (exact) mass is 334 g/mol. The van der Waals surface area contributed by atoms with E-state index < -0.39 is 6.04 Å². The molecule has 5 nitrogen and oxygen atoms in total. The van der Waals surface area contributed by atoms with E-state index in [0.717, 1.165) is 22.3 Å². The van der Waals surface area contributed by atoms with Gasteiger partial charge in [0.05, 0.1) is 0 Å². The summed E-state index contributed by atoms with van der Waals surface area (Å²) in [4.78, 5) is 38.1. The van der Waals surface area contributed by atoms with Crippen molar-refractivity contribution >= 4 is 17.7 Å². The highest BCUT2D eigenvalue weighted by Crippen LogP contribution is 2.35. The molecular weight excluding hydrogens is 316 g/mol. The molecule has 2 aliphatic rings. The smallest absolute Gasteiger partial charge is 0.255 e. The van der Waals surface area contributed by atoms with Crippen molar-refractivity contribution < 1.29 is 14.4 Å². The number of rotatable bonds is 2. The first-order chi connectivity index (χ1) is 12.0. The average molecular weight is 334 g/mol. The van der Waals surface area contributed by atoms with Crippen molar-refractivity contribution in [2.45, 2.75) is 32.4 Å². The van der Waals surface area contributed by atoms with Crippen LogP contribution in [-0.2, 0) is 16.1 Å². The van der Waals surface area contributed by atoms with Gasteiger partial charge in [0.15, 0.2) is 0 Å². The molecule has 1 saturated heterocycles. The van der Waals surface area contributed by atoms with E-state index in [1.165, 1.54) is 0 Å². The molecule has 0 aromatic heterocycles. The molecule has 5 heteroatoms. The van der Waals surface area contributed by atoms with Gasteiger partial charge in [-0.3, -0.25) is 19.7 Å². The number of nitrogens with one attached hydrogen (secondary N) is 1. The molecule has 1 unspecified atom stereocenters. The summed E-state index contributed by atoms with van der Waals surface area (Å²) in [6, 6.07) is 13.3. The van der Waals surface area contributed by atoms with Crippen molar-refractivity contribution in [3.05, 3.63) is 59.2 Å². The Kier molecular flexibility index (Phi) is 3.64. The number of carbonyl (C=O) groups is 3. The van der Waals surface area contributed by atoms with Crippen LogP contribution in [0.3, 0.4) is 0 Å². The molecule has 0 bridgehead atoms. The van der Waals surface area contributed by atoms with Crippen LogP contribution in [0.25, 0.3) is 11.1 Å². The largest absolute Gasteiger partial charge is 0.322 e. The molecule has 2 aliphatic heterocycles. The van der Waals surface area contributed by atoms with Gasteiger partial charge in [-0.1, -0.05) is 36.4 Å². The van der Waals surface area contributed by atoms with Crippen molar-refractivity contribution in [2.24, 2.45) is 0 Å². The maximum atomic E-state index is 12.9. The van der Waals surface area contributed by atoms with Gasteiger partial charge in [0.25, 0.3) is 5.91 Å². The van der Waals surface area contributed by atoms with Crippen LogP contribution in [0.1, 0.15) is 34.3 Å². The van der Waals surface area contributed by atoms with Crippen LogP contribution >= 0.6 is 0 Å². The highest BCUT2D eigenvalue weighted by molar-refractivity contribution is 6.06. The molecule has 2 aromatic rings. The number of nitrogens with zero attached hydrogens (tertiary/aromatic N) is 1. The molecular formula is C20H18N2O3. The molecule has 2 aromatic carbocycles. The van der Waals surface area contributed by atoms with Gasteiger partial charge >= 0.3 is 0 Å². The zero-order chi connectivity index (χ0) is 17.6. The van der Waals surface area contributed by atoms with Crippen molar-refractivity contribution in [3.8, 4) is 11.1 Å². The lowest BCUT2D eigenvalue weighted by Gasteiger charge is -2.29. The first kappa shape index (κ1) is 15.6. The highest BCUT2D eigenvalue weighted by Gasteiger charge is 2.40. The Labute approximate surface area is 145 Å². The standard InChI is InChI=1S/C20H18N2O3/c1-12-9-14(13-5-3-2-4-6-13)16-11-22(20(25)15(16)10-12)17-7-8-18(23)21-19(17)24/h2-6,9-10,17H,7-8,11H2,1H3,(H,21,23,24). The Balaban J connectivity index is 1.74. The minimum Gasteiger partial charge on any atom is -0.322 e. The molecule has 0 spiro atoms. The number of carbonyl (C=O) groups excluding carboxylic acids is 3. The van der Waals surface area contributed by atoms with E-state index in [-0.39, 0.29) is 24.1 Å². The second kappa shape index (κ2) is 5.84. The second-order valence-corrected chi connectivity index (χ2v) is 6.60. The lowest BCUT2D eigenvalue weighted by molar-refractivity contribution is -0.136. The number of imide groups is 1. The van der Waals surface area contributed by atoms with Crippen LogP contribution in [0.2, 0.25) is 0 Å². The topological polar surface area (TPSA) is 66.5 Å². The molecule has 0 aliphatic carbocycles. The van der Waals surface area contributed by atoms with Crippen LogP contribution in [-0.4, -0.2) is 28.7 Å². The third kappa shape index (κ3) is 2.61. The molecule has 0 radical (unpaired) electrons. The maximum absolute atomic E-state index is 12.9. The minimum atomic E-state index is -0.582. The molecule has 25 heavy (non-hydrogen) atoms. The summed E-state index contributed by atoms with van der Waals surface area (Å²) in [6.45, 7) is 2.36. The fourth-order valence-corrected chi connectivity index (χ4v) is 3.68. The van der Waals surface area contributed by atoms with E-state index in [9.17, 15) is 14.4 Å². The maximum Gasteiger partial charge on any atom is 0.255 e. The third-order valence-corrected chi connectivity index (χ3v) is 4.89. The molecule has 2 heterocycles. The van der Waals surface area contributed by atoms with Crippen molar-refractivity contribution in [1.29, 1.82) is 0 Å². The number of hydrogen-bond acceptors (Lipinski definition) is 3. The average Bonchev–Trinajstić information content (AvgIpc) is 2.92. The van der Waals surface area contributed by atoms with Crippen molar-refractivity contribution in [3.63, 3.8) is 0 Å². The Hall–Kier alpha value is -2.95. The van der Waals surface area contributed by atoms with Crippen LogP contribution in [0.5, 0.6) is 0 Å². The molecule has 1 N–H and O–H groups in total. The normalized spacial score (nSPS) is 19.8. The fraction of sp³-hybridized carbons (Fsp3) is 0.250. The van der Waals surface area contributed by atoms with Gasteiger partial charge in [0, 0.05) is 18.5 Å². The van der Waals surface area contributed by atoms with Crippen LogP contribution in [0, 0.1) is 6.92 Å². The van der Waals surface area contributed by atoms with Gasteiger partial charge in [-0.15, -0.1) is 0 Å². The van der Waals surface area contributed by atoms with Gasteiger partial charge in [-0.2, -0.15) is 0 Å². The molecule has 3 amide bonds. The van der Waals surface area contributed by atoms with Crippen LogP contribution in [0.15, 0.2) is 42.5 Å². The number of hydrogen-bond donors (Lipinski definition) is 1. The summed E-state index contributed by atoms with van der Waals surface area (Å²) in [5.74, 6) is -0.785. The summed E-state index contributed by atoms with van der Waals surface area (Å²) in [7, 11) is 0. The molecule has 1 fully saturated rings. The van der Waals surface area contributed by atoms with Gasteiger partial charge in [0.2, 0.25) is 11.8 Å². The molecule has 4 rings (SSSR count). The number of piperidine rings is 1. The van der Waals surface area contributed by atoms with E-state index in [1.54, 1.807) is 4.90 Å². The first-order valence-electron chi connectivity index (χ1n) is 8.38. The Morgan fingerprint density at radius 1 is 1.04 bits per heavy atom. The van der Waals surface area contributed by atoms with Gasteiger partial charge in [-0.25, -0.2) is 0 Å². The Morgan fingerprint density at radius 3 is 2.48 bits per heavy atom. The van der Waals surface area contributed by atoms with E-state index in [4.69, 9.17) is 0 Å². The fourth-order valence-electron chi connectivity index (χ4n) is 3.68. The lowest BCUT2D eigenvalue weighted by atomic mass is 9.95. The summed E-state index contributed by atoms with van der Waals surface area (Å²) >= 11 is 0. The van der Waals surface area contributed by atoms with E-state index in [0.29, 0.717) is 18.5 Å². The summed E-state index contributed by atoms with van der Waals surface area (Å²) < 4.78 is 0. The predicted molar refractivity (Wildman–Crippen MR) is 92.7 cm³/mol. The quantitative estimate of drug-likeness (QED) is 0.858. The van der Waals surface area contributed by atoms with Crippen LogP contribution in [0.4, 0.5) is 0 Å². The predicted octanol–water partition coefficient (Wildman–Crippen LogP) is 2.42. The zero-order valence-electron chi connectivity index (χ0n) is 13.9. The molecule has 0 saturated carbocycles. The minimum absolute atomic E-state index is 0.134. The second-order valence-electron chi connectivity index (χ2n) is 6.60. The Morgan fingerprint density at radius 2 is 1.76 bits per heavy atom.